The zero-order chi connectivity index (χ0) is 12.8. The van der Waals surface area contributed by atoms with Crippen molar-refractivity contribution in [3.63, 3.8) is 0 Å². The molecule has 0 unspecified atom stereocenters. The number of nitrogens with zero attached hydrogens (tertiary/aromatic N) is 3. The van der Waals surface area contributed by atoms with Crippen LogP contribution in [0.3, 0.4) is 0 Å². The van der Waals surface area contributed by atoms with Crippen LogP contribution in [0.15, 0.2) is 0 Å². The molecule has 1 heterocycles. The number of hydrogen-bond donors (Lipinski definition) is 0. The summed E-state index contributed by atoms with van der Waals surface area (Å²) in [6.07, 6.45) is 0.834. The van der Waals surface area contributed by atoms with Crippen molar-refractivity contribution >= 4 is 5.97 Å². The fraction of sp³-hybridized carbons (Fsp3) is 0.727. The van der Waals surface area contributed by atoms with Crippen LogP contribution < -0.4 is 0 Å². The van der Waals surface area contributed by atoms with Crippen LogP contribution in [0.2, 0.25) is 0 Å². The first kappa shape index (κ1) is 13.6. The van der Waals surface area contributed by atoms with E-state index in [2.05, 4.69) is 15.0 Å². The molecule has 6 heteroatoms. The summed E-state index contributed by atoms with van der Waals surface area (Å²) in [5.41, 5.74) is 1.12. The number of aryl methyl sites for hydroxylation is 1. The summed E-state index contributed by atoms with van der Waals surface area (Å²) in [5, 5.41) is 7.87. The SMILES string of the molecule is COCCCn1nnc(C(=O)OC)c1C(C)C. The van der Waals surface area contributed by atoms with Gasteiger partial charge in [-0.05, 0) is 12.3 Å². The highest BCUT2D eigenvalue weighted by Gasteiger charge is 2.22. The summed E-state index contributed by atoms with van der Waals surface area (Å²) in [6.45, 7) is 5.34. The van der Waals surface area contributed by atoms with Crippen LogP contribution in [-0.4, -0.2) is 41.8 Å². The molecule has 0 saturated heterocycles. The zero-order valence-electron chi connectivity index (χ0n) is 10.8. The average molecular weight is 241 g/mol. The second kappa shape index (κ2) is 6.34. The van der Waals surface area contributed by atoms with E-state index in [1.54, 1.807) is 11.8 Å². The van der Waals surface area contributed by atoms with Crippen LogP contribution >= 0.6 is 0 Å². The molecule has 0 aliphatic carbocycles. The summed E-state index contributed by atoms with van der Waals surface area (Å²) in [7, 11) is 3.00. The second-order valence-corrected chi connectivity index (χ2v) is 4.04. The van der Waals surface area contributed by atoms with Gasteiger partial charge in [-0.25, -0.2) is 9.48 Å². The van der Waals surface area contributed by atoms with Crippen molar-refractivity contribution in [2.75, 3.05) is 20.8 Å². The van der Waals surface area contributed by atoms with E-state index >= 15 is 0 Å². The molecule has 1 aromatic heterocycles. The molecule has 0 atom stereocenters. The standard InChI is InChI=1S/C11H19N3O3/c1-8(2)10-9(11(15)17-4)12-13-14(10)6-5-7-16-3/h8H,5-7H2,1-4H3. The summed E-state index contributed by atoms with van der Waals surface area (Å²) in [4.78, 5) is 11.5. The smallest absolute Gasteiger partial charge is 0.360 e. The predicted octanol–water partition coefficient (Wildman–Crippen LogP) is 1.22. The topological polar surface area (TPSA) is 66.2 Å². The third kappa shape index (κ3) is 3.26. The van der Waals surface area contributed by atoms with E-state index in [-0.39, 0.29) is 5.92 Å². The molecular formula is C11H19N3O3. The number of carbonyl (C=O) groups is 1. The normalized spacial score (nSPS) is 10.9. The molecule has 0 N–H and O–H groups in total. The quantitative estimate of drug-likeness (QED) is 0.553. The van der Waals surface area contributed by atoms with Crippen molar-refractivity contribution in [2.24, 2.45) is 0 Å². The van der Waals surface area contributed by atoms with Gasteiger partial charge in [0, 0.05) is 20.3 Å². The maximum atomic E-state index is 11.5. The highest BCUT2D eigenvalue weighted by atomic mass is 16.5. The van der Waals surface area contributed by atoms with Gasteiger partial charge in [-0.15, -0.1) is 5.10 Å². The second-order valence-electron chi connectivity index (χ2n) is 4.04. The molecule has 0 radical (unpaired) electrons. The molecular weight excluding hydrogens is 222 g/mol. The molecule has 0 saturated carbocycles. The largest absolute Gasteiger partial charge is 0.464 e. The minimum absolute atomic E-state index is 0.168. The first-order valence-electron chi connectivity index (χ1n) is 5.62. The predicted molar refractivity (Wildman–Crippen MR) is 61.9 cm³/mol. The number of carbonyl (C=O) groups excluding carboxylic acids is 1. The van der Waals surface area contributed by atoms with Gasteiger partial charge in [-0.1, -0.05) is 19.1 Å². The van der Waals surface area contributed by atoms with E-state index < -0.39 is 5.97 Å². The molecule has 1 rings (SSSR count). The minimum Gasteiger partial charge on any atom is -0.464 e. The van der Waals surface area contributed by atoms with Crippen LogP contribution in [0.4, 0.5) is 0 Å². The molecule has 6 nitrogen and oxygen atoms in total. The van der Waals surface area contributed by atoms with E-state index in [1.165, 1.54) is 7.11 Å². The zero-order valence-corrected chi connectivity index (χ0v) is 10.8. The van der Waals surface area contributed by atoms with Gasteiger partial charge in [-0.3, -0.25) is 0 Å². The Balaban J connectivity index is 2.90. The highest BCUT2D eigenvalue weighted by molar-refractivity contribution is 5.88. The Labute approximate surface area is 101 Å². The van der Waals surface area contributed by atoms with Crippen molar-refractivity contribution in [3.8, 4) is 0 Å². The number of esters is 1. The maximum absolute atomic E-state index is 11.5. The molecule has 0 bridgehead atoms. The highest BCUT2D eigenvalue weighted by Crippen LogP contribution is 2.18. The monoisotopic (exact) mass is 241 g/mol. The molecule has 17 heavy (non-hydrogen) atoms. The Kier molecular flexibility index (Phi) is 5.09. The van der Waals surface area contributed by atoms with E-state index in [9.17, 15) is 4.79 Å². The molecule has 0 aromatic carbocycles. The molecule has 0 aliphatic heterocycles. The Morgan fingerprint density at radius 3 is 2.65 bits per heavy atom. The average Bonchev–Trinajstić information content (AvgIpc) is 2.72. The Morgan fingerprint density at radius 1 is 1.41 bits per heavy atom. The van der Waals surface area contributed by atoms with Crippen LogP contribution in [0.1, 0.15) is 42.4 Å². The molecule has 0 spiro atoms. The van der Waals surface area contributed by atoms with E-state index in [0.29, 0.717) is 18.8 Å². The van der Waals surface area contributed by atoms with Gasteiger partial charge in [0.2, 0.25) is 0 Å². The number of ether oxygens (including phenoxy) is 2. The Bertz CT molecular complexity index is 374. The van der Waals surface area contributed by atoms with Crippen molar-refractivity contribution < 1.29 is 14.3 Å². The van der Waals surface area contributed by atoms with E-state index in [0.717, 1.165) is 12.1 Å². The van der Waals surface area contributed by atoms with Crippen molar-refractivity contribution in [3.05, 3.63) is 11.4 Å². The number of methoxy groups -OCH3 is 2. The number of aromatic nitrogens is 3. The van der Waals surface area contributed by atoms with Crippen molar-refractivity contribution in [1.29, 1.82) is 0 Å². The van der Waals surface area contributed by atoms with Gasteiger partial charge < -0.3 is 9.47 Å². The van der Waals surface area contributed by atoms with Gasteiger partial charge >= 0.3 is 5.97 Å². The Hall–Kier alpha value is -1.43. The lowest BCUT2D eigenvalue weighted by molar-refractivity contribution is 0.0592. The van der Waals surface area contributed by atoms with Crippen LogP contribution in [0, 0.1) is 0 Å². The third-order valence-corrected chi connectivity index (χ3v) is 2.42. The molecule has 1 aromatic rings. The third-order valence-electron chi connectivity index (χ3n) is 2.42. The van der Waals surface area contributed by atoms with Gasteiger partial charge in [0.25, 0.3) is 0 Å². The van der Waals surface area contributed by atoms with Crippen molar-refractivity contribution in [2.45, 2.75) is 32.7 Å². The van der Waals surface area contributed by atoms with Gasteiger partial charge in [-0.2, -0.15) is 0 Å². The number of hydrogen-bond acceptors (Lipinski definition) is 5. The molecule has 0 aliphatic rings. The summed E-state index contributed by atoms with van der Waals surface area (Å²) < 4.78 is 11.4. The van der Waals surface area contributed by atoms with Gasteiger partial charge in [0.1, 0.15) is 0 Å². The summed E-state index contributed by atoms with van der Waals surface area (Å²) >= 11 is 0. The first-order valence-corrected chi connectivity index (χ1v) is 5.62. The van der Waals surface area contributed by atoms with Crippen LogP contribution in [0.25, 0.3) is 0 Å². The lowest BCUT2D eigenvalue weighted by Gasteiger charge is -2.09. The lowest BCUT2D eigenvalue weighted by Crippen LogP contribution is -2.12. The molecule has 0 fully saturated rings. The van der Waals surface area contributed by atoms with Crippen molar-refractivity contribution in [1.82, 2.24) is 15.0 Å². The minimum atomic E-state index is -0.438. The van der Waals surface area contributed by atoms with Crippen LogP contribution in [-0.2, 0) is 16.0 Å². The molecule has 96 valence electrons. The van der Waals surface area contributed by atoms with E-state index in [1.807, 2.05) is 13.8 Å². The number of rotatable bonds is 6. The first-order chi connectivity index (χ1) is 8.11. The summed E-state index contributed by atoms with van der Waals surface area (Å²) in [6, 6.07) is 0. The lowest BCUT2D eigenvalue weighted by atomic mass is 10.1. The van der Waals surface area contributed by atoms with E-state index in [4.69, 9.17) is 4.74 Å². The maximum Gasteiger partial charge on any atom is 0.360 e. The van der Waals surface area contributed by atoms with Gasteiger partial charge in [0.05, 0.1) is 12.8 Å². The molecule has 0 amide bonds. The Morgan fingerprint density at radius 2 is 2.12 bits per heavy atom. The van der Waals surface area contributed by atoms with Crippen LogP contribution in [0.5, 0.6) is 0 Å². The summed E-state index contributed by atoms with van der Waals surface area (Å²) in [5.74, 6) is -0.270. The van der Waals surface area contributed by atoms with Gasteiger partial charge in [0.15, 0.2) is 5.69 Å². The fourth-order valence-electron chi connectivity index (χ4n) is 1.66. The fourth-order valence-corrected chi connectivity index (χ4v) is 1.66.